The number of carbonyl (C=O) groups is 1. The highest BCUT2D eigenvalue weighted by Crippen LogP contribution is 2.40. The zero-order valence-electron chi connectivity index (χ0n) is 14.6. The lowest BCUT2D eigenvalue weighted by molar-refractivity contribution is -0.115. The summed E-state index contributed by atoms with van der Waals surface area (Å²) in [5, 5.41) is 7.43. The highest BCUT2D eigenvalue weighted by molar-refractivity contribution is 5.93. The van der Waals surface area contributed by atoms with Crippen molar-refractivity contribution in [1.82, 2.24) is 9.78 Å². The van der Waals surface area contributed by atoms with Crippen molar-refractivity contribution in [1.29, 1.82) is 0 Å². The minimum Gasteiger partial charge on any atom is -0.398 e. The number of aromatic nitrogens is 2. The molecule has 2 aliphatic rings. The summed E-state index contributed by atoms with van der Waals surface area (Å²) in [4.78, 5) is 14.7. The van der Waals surface area contributed by atoms with Crippen molar-refractivity contribution in [3.05, 3.63) is 36.0 Å². The van der Waals surface area contributed by atoms with Crippen LogP contribution >= 0.6 is 0 Å². The van der Waals surface area contributed by atoms with E-state index in [4.69, 9.17) is 5.73 Å². The monoisotopic (exact) mass is 339 g/mol. The molecule has 0 saturated heterocycles. The fourth-order valence-electron chi connectivity index (χ4n) is 3.76. The average Bonchev–Trinajstić information content (AvgIpc) is 3.35. The normalized spacial score (nSPS) is 17.9. The summed E-state index contributed by atoms with van der Waals surface area (Å²) in [6.07, 6.45) is 6.25. The maximum atomic E-state index is 12.6. The average molecular weight is 339 g/mol. The first-order chi connectivity index (χ1) is 12.1. The Morgan fingerprint density at radius 2 is 2.24 bits per heavy atom. The van der Waals surface area contributed by atoms with Crippen LogP contribution in [0.15, 0.2) is 30.5 Å². The second-order valence-electron chi connectivity index (χ2n) is 7.16. The van der Waals surface area contributed by atoms with E-state index in [-0.39, 0.29) is 5.91 Å². The van der Waals surface area contributed by atoms with Crippen LogP contribution in [-0.4, -0.2) is 28.8 Å². The molecule has 1 saturated carbocycles. The lowest BCUT2D eigenvalue weighted by Gasteiger charge is -2.31. The van der Waals surface area contributed by atoms with Gasteiger partial charge in [0.2, 0.25) is 5.91 Å². The van der Waals surface area contributed by atoms with Gasteiger partial charge in [0.15, 0.2) is 0 Å². The number of amides is 1. The lowest BCUT2D eigenvalue weighted by Crippen LogP contribution is -2.37. The van der Waals surface area contributed by atoms with Crippen LogP contribution in [0.1, 0.15) is 37.8 Å². The van der Waals surface area contributed by atoms with Gasteiger partial charge in [-0.25, -0.2) is 4.68 Å². The third-order valence-electron chi connectivity index (χ3n) is 5.35. The van der Waals surface area contributed by atoms with Crippen molar-refractivity contribution < 1.29 is 4.79 Å². The molecular weight excluding hydrogens is 314 g/mol. The van der Waals surface area contributed by atoms with E-state index in [9.17, 15) is 4.79 Å². The van der Waals surface area contributed by atoms with E-state index in [1.54, 1.807) is 6.20 Å². The molecule has 1 aromatic carbocycles. The third kappa shape index (κ3) is 3.21. The van der Waals surface area contributed by atoms with Crippen LogP contribution in [0, 0.1) is 5.92 Å². The Balaban J connectivity index is 1.46. The van der Waals surface area contributed by atoms with E-state index in [1.165, 1.54) is 12.8 Å². The molecule has 4 rings (SSSR count). The molecule has 1 aromatic heterocycles. The van der Waals surface area contributed by atoms with E-state index in [2.05, 4.69) is 28.3 Å². The Morgan fingerprint density at radius 3 is 3.04 bits per heavy atom. The highest BCUT2D eigenvalue weighted by atomic mass is 16.2. The molecule has 3 N–H and O–H groups in total. The molecule has 2 aromatic rings. The fourth-order valence-corrected chi connectivity index (χ4v) is 3.76. The standard InChI is InChI=1S/C19H25N5O/c1-13(14-7-8-14)24-18(9-10-21-24)22-19(25)12-23-11-3-4-15-16(20)5-2-6-17(15)23/h2,5-6,9-10,13-14H,3-4,7-8,11-12,20H2,1H3,(H,22,25). The molecule has 1 amide bonds. The maximum Gasteiger partial charge on any atom is 0.245 e. The smallest absolute Gasteiger partial charge is 0.245 e. The van der Waals surface area contributed by atoms with Crippen LogP contribution < -0.4 is 16.0 Å². The van der Waals surface area contributed by atoms with Crippen molar-refractivity contribution in [3.63, 3.8) is 0 Å². The van der Waals surface area contributed by atoms with Crippen molar-refractivity contribution in [3.8, 4) is 0 Å². The molecule has 2 heterocycles. The van der Waals surface area contributed by atoms with Crippen molar-refractivity contribution in [2.24, 2.45) is 5.92 Å². The first kappa shape index (κ1) is 16.0. The number of anilines is 3. The molecule has 25 heavy (non-hydrogen) atoms. The summed E-state index contributed by atoms with van der Waals surface area (Å²) in [5.41, 5.74) is 9.16. The number of hydrogen-bond donors (Lipinski definition) is 2. The summed E-state index contributed by atoms with van der Waals surface area (Å²) >= 11 is 0. The van der Waals surface area contributed by atoms with Crippen LogP contribution in [0.2, 0.25) is 0 Å². The molecule has 1 aliphatic heterocycles. The Labute approximate surface area is 148 Å². The van der Waals surface area contributed by atoms with Crippen LogP contribution in [0.25, 0.3) is 0 Å². The van der Waals surface area contributed by atoms with Gasteiger partial charge < -0.3 is 16.0 Å². The van der Waals surface area contributed by atoms with Gasteiger partial charge in [0.1, 0.15) is 5.82 Å². The molecule has 132 valence electrons. The van der Waals surface area contributed by atoms with Crippen LogP contribution in [0.3, 0.4) is 0 Å². The van der Waals surface area contributed by atoms with E-state index in [1.807, 2.05) is 22.9 Å². The molecule has 1 aliphatic carbocycles. The van der Waals surface area contributed by atoms with Gasteiger partial charge in [0.25, 0.3) is 0 Å². The molecular formula is C19H25N5O. The minimum absolute atomic E-state index is 0.0139. The number of nitrogen functional groups attached to an aromatic ring is 1. The molecule has 6 nitrogen and oxygen atoms in total. The van der Waals surface area contributed by atoms with Crippen molar-refractivity contribution >= 4 is 23.1 Å². The number of carbonyl (C=O) groups excluding carboxylic acids is 1. The molecule has 1 fully saturated rings. The van der Waals surface area contributed by atoms with E-state index in [0.29, 0.717) is 18.5 Å². The topological polar surface area (TPSA) is 76.2 Å². The number of nitrogens with one attached hydrogen (secondary N) is 1. The van der Waals surface area contributed by atoms with Gasteiger partial charge in [-0.05, 0) is 56.2 Å². The van der Waals surface area contributed by atoms with E-state index < -0.39 is 0 Å². The molecule has 1 unspecified atom stereocenters. The molecule has 0 bridgehead atoms. The molecule has 6 heteroatoms. The number of nitrogens with zero attached hydrogens (tertiary/aromatic N) is 3. The van der Waals surface area contributed by atoms with Gasteiger partial charge in [0, 0.05) is 24.0 Å². The van der Waals surface area contributed by atoms with Gasteiger partial charge in [-0.3, -0.25) is 4.79 Å². The number of benzene rings is 1. The summed E-state index contributed by atoms with van der Waals surface area (Å²) in [7, 11) is 0. The Kier molecular flexibility index (Phi) is 4.11. The van der Waals surface area contributed by atoms with Crippen molar-refractivity contribution in [2.45, 2.75) is 38.6 Å². The largest absolute Gasteiger partial charge is 0.398 e. The quantitative estimate of drug-likeness (QED) is 0.821. The Hall–Kier alpha value is -2.50. The maximum absolute atomic E-state index is 12.6. The van der Waals surface area contributed by atoms with Gasteiger partial charge in [0.05, 0.1) is 18.8 Å². The summed E-state index contributed by atoms with van der Waals surface area (Å²) in [5.74, 6) is 1.46. The van der Waals surface area contributed by atoms with Crippen LogP contribution in [0.5, 0.6) is 0 Å². The number of hydrogen-bond acceptors (Lipinski definition) is 4. The molecule has 1 atom stereocenters. The Morgan fingerprint density at radius 1 is 1.40 bits per heavy atom. The Bertz CT molecular complexity index is 780. The van der Waals surface area contributed by atoms with Gasteiger partial charge in [-0.1, -0.05) is 6.07 Å². The van der Waals surface area contributed by atoms with Crippen molar-refractivity contribution in [2.75, 3.05) is 29.0 Å². The third-order valence-corrected chi connectivity index (χ3v) is 5.35. The number of rotatable bonds is 5. The first-order valence-corrected chi connectivity index (χ1v) is 9.09. The number of fused-ring (bicyclic) bond motifs is 1. The summed E-state index contributed by atoms with van der Waals surface area (Å²) in [6, 6.07) is 8.15. The predicted octanol–water partition coefficient (Wildman–Crippen LogP) is 2.83. The zero-order chi connectivity index (χ0) is 17.4. The second-order valence-corrected chi connectivity index (χ2v) is 7.16. The molecule has 0 spiro atoms. The van der Waals surface area contributed by atoms with E-state index >= 15 is 0 Å². The van der Waals surface area contributed by atoms with E-state index in [0.717, 1.165) is 42.1 Å². The first-order valence-electron chi connectivity index (χ1n) is 9.09. The zero-order valence-corrected chi connectivity index (χ0v) is 14.6. The predicted molar refractivity (Wildman–Crippen MR) is 99.7 cm³/mol. The van der Waals surface area contributed by atoms with Crippen LogP contribution in [0.4, 0.5) is 17.2 Å². The van der Waals surface area contributed by atoms with Gasteiger partial charge in [-0.15, -0.1) is 0 Å². The SMILES string of the molecule is CC(C1CC1)n1nccc1NC(=O)CN1CCCc2c(N)cccc21. The minimum atomic E-state index is -0.0139. The van der Waals surface area contributed by atoms with Gasteiger partial charge >= 0.3 is 0 Å². The summed E-state index contributed by atoms with van der Waals surface area (Å²) in [6.45, 7) is 3.38. The highest BCUT2D eigenvalue weighted by Gasteiger charge is 2.31. The summed E-state index contributed by atoms with van der Waals surface area (Å²) < 4.78 is 1.94. The lowest BCUT2D eigenvalue weighted by atomic mass is 10.00. The van der Waals surface area contributed by atoms with Gasteiger partial charge in [-0.2, -0.15) is 5.10 Å². The fraction of sp³-hybridized carbons (Fsp3) is 0.474. The number of nitrogens with two attached hydrogens (primary N) is 1. The second kappa shape index (κ2) is 6.43. The van der Waals surface area contributed by atoms with Crippen LogP contribution in [-0.2, 0) is 11.2 Å². The molecule has 0 radical (unpaired) electrons.